The molecule has 0 saturated carbocycles. The molecule has 0 radical (unpaired) electrons. The van der Waals surface area contributed by atoms with Crippen LogP contribution in [-0.4, -0.2) is 43.0 Å². The molecular formula is C19H19F3N6O2. The third kappa shape index (κ3) is 4.73. The standard InChI is InChI=1S/C19H19F3N6O2/c20-19(21,22)18-25-24-16(30-18)12-27-9-5-13(6-10-27)11-28-17(29)2-1-15(26-28)14-3-7-23-8-4-14/h1-4,7-8,13H,5-6,9-12H2. The fourth-order valence-electron chi connectivity index (χ4n) is 3.45. The van der Waals surface area contributed by atoms with Gasteiger partial charge in [-0.15, -0.1) is 10.2 Å². The SMILES string of the molecule is O=c1ccc(-c2ccncc2)nn1CC1CCN(Cc2nnc(C(F)(F)F)o2)CC1. The van der Waals surface area contributed by atoms with E-state index < -0.39 is 12.1 Å². The van der Waals surface area contributed by atoms with Crippen LogP contribution in [-0.2, 0) is 19.3 Å². The molecule has 1 saturated heterocycles. The van der Waals surface area contributed by atoms with Crippen LogP contribution in [0.1, 0.15) is 24.6 Å². The van der Waals surface area contributed by atoms with Crippen molar-refractivity contribution in [1.82, 2.24) is 29.9 Å². The highest BCUT2D eigenvalue weighted by atomic mass is 19.4. The first-order valence-corrected chi connectivity index (χ1v) is 9.49. The summed E-state index contributed by atoms with van der Waals surface area (Å²) in [5, 5.41) is 11.0. The van der Waals surface area contributed by atoms with E-state index in [1.165, 1.54) is 10.7 Å². The molecule has 0 bridgehead atoms. The monoisotopic (exact) mass is 420 g/mol. The second-order valence-electron chi connectivity index (χ2n) is 7.19. The van der Waals surface area contributed by atoms with E-state index in [1.54, 1.807) is 18.5 Å². The van der Waals surface area contributed by atoms with E-state index in [2.05, 4.69) is 20.3 Å². The summed E-state index contributed by atoms with van der Waals surface area (Å²) in [6, 6.07) is 6.86. The quantitative estimate of drug-likeness (QED) is 0.627. The highest BCUT2D eigenvalue weighted by Crippen LogP contribution is 2.28. The fraction of sp³-hybridized carbons (Fsp3) is 0.421. The van der Waals surface area contributed by atoms with E-state index in [-0.39, 0.29) is 23.9 Å². The largest absolute Gasteiger partial charge is 0.470 e. The Morgan fingerprint density at radius 3 is 2.47 bits per heavy atom. The molecule has 3 aromatic rings. The zero-order valence-electron chi connectivity index (χ0n) is 15.9. The van der Waals surface area contributed by atoms with E-state index in [0.29, 0.717) is 25.3 Å². The lowest BCUT2D eigenvalue weighted by Crippen LogP contribution is -2.36. The first kappa shape index (κ1) is 20.2. The third-order valence-electron chi connectivity index (χ3n) is 5.05. The summed E-state index contributed by atoms with van der Waals surface area (Å²) < 4.78 is 43.9. The van der Waals surface area contributed by atoms with Gasteiger partial charge in [-0.3, -0.25) is 14.7 Å². The van der Waals surface area contributed by atoms with E-state index in [9.17, 15) is 18.0 Å². The van der Waals surface area contributed by atoms with Gasteiger partial charge in [-0.05, 0) is 50.0 Å². The van der Waals surface area contributed by atoms with Gasteiger partial charge in [0, 0.05) is 30.6 Å². The van der Waals surface area contributed by atoms with Crippen LogP contribution in [0.5, 0.6) is 0 Å². The van der Waals surface area contributed by atoms with Crippen LogP contribution in [0, 0.1) is 5.92 Å². The van der Waals surface area contributed by atoms with Gasteiger partial charge < -0.3 is 4.42 Å². The predicted molar refractivity (Wildman–Crippen MR) is 99.0 cm³/mol. The minimum atomic E-state index is -4.64. The van der Waals surface area contributed by atoms with Crippen molar-refractivity contribution in [2.75, 3.05) is 13.1 Å². The Labute approximate surface area is 169 Å². The van der Waals surface area contributed by atoms with Crippen molar-refractivity contribution in [3.63, 3.8) is 0 Å². The molecule has 4 rings (SSSR count). The number of hydrogen-bond acceptors (Lipinski definition) is 7. The van der Waals surface area contributed by atoms with Crippen LogP contribution >= 0.6 is 0 Å². The lowest BCUT2D eigenvalue weighted by molar-refractivity contribution is -0.157. The minimum absolute atomic E-state index is 0.0521. The summed E-state index contributed by atoms with van der Waals surface area (Å²) in [6.45, 7) is 1.98. The molecule has 0 aliphatic carbocycles. The van der Waals surface area contributed by atoms with Crippen molar-refractivity contribution < 1.29 is 17.6 Å². The van der Waals surface area contributed by atoms with Crippen molar-refractivity contribution in [3.05, 3.63) is 58.8 Å². The zero-order valence-corrected chi connectivity index (χ0v) is 15.9. The molecule has 0 amide bonds. The molecule has 3 aromatic heterocycles. The summed E-state index contributed by atoms with van der Waals surface area (Å²) in [6.07, 6.45) is 0.275. The molecule has 4 heterocycles. The Hall–Kier alpha value is -3.08. The van der Waals surface area contributed by atoms with E-state index in [4.69, 9.17) is 4.42 Å². The molecular weight excluding hydrogens is 401 g/mol. The second kappa shape index (κ2) is 8.34. The maximum Gasteiger partial charge on any atom is 0.470 e. The molecule has 0 aromatic carbocycles. The van der Waals surface area contributed by atoms with Crippen LogP contribution in [0.3, 0.4) is 0 Å². The number of nitrogens with zero attached hydrogens (tertiary/aromatic N) is 6. The highest BCUT2D eigenvalue weighted by molar-refractivity contribution is 5.56. The molecule has 1 fully saturated rings. The number of pyridine rings is 1. The van der Waals surface area contributed by atoms with Crippen LogP contribution < -0.4 is 5.56 Å². The van der Waals surface area contributed by atoms with Crippen molar-refractivity contribution in [2.45, 2.75) is 32.1 Å². The van der Waals surface area contributed by atoms with Crippen molar-refractivity contribution >= 4 is 0 Å². The van der Waals surface area contributed by atoms with Crippen molar-refractivity contribution in [2.24, 2.45) is 5.92 Å². The number of rotatable bonds is 5. The zero-order chi connectivity index (χ0) is 21.1. The molecule has 1 aliphatic rings. The van der Waals surface area contributed by atoms with Gasteiger partial charge in [0.2, 0.25) is 5.89 Å². The topological polar surface area (TPSA) is 89.9 Å². The normalized spacial score (nSPS) is 16.1. The molecule has 30 heavy (non-hydrogen) atoms. The Kier molecular flexibility index (Phi) is 5.62. The third-order valence-corrected chi connectivity index (χ3v) is 5.05. The first-order valence-electron chi connectivity index (χ1n) is 9.49. The molecule has 8 nitrogen and oxygen atoms in total. The van der Waals surface area contributed by atoms with E-state index >= 15 is 0 Å². The average Bonchev–Trinajstić information content (AvgIpc) is 3.21. The van der Waals surface area contributed by atoms with Crippen LogP contribution in [0.25, 0.3) is 11.3 Å². The number of likely N-dealkylation sites (tertiary alicyclic amines) is 1. The Bertz CT molecular complexity index is 1040. The Morgan fingerprint density at radius 1 is 1.07 bits per heavy atom. The van der Waals surface area contributed by atoms with Gasteiger partial charge >= 0.3 is 12.1 Å². The van der Waals surface area contributed by atoms with Gasteiger partial charge in [-0.1, -0.05) is 0 Å². The van der Waals surface area contributed by atoms with Gasteiger partial charge in [-0.2, -0.15) is 18.3 Å². The van der Waals surface area contributed by atoms with Crippen LogP contribution in [0.2, 0.25) is 0 Å². The van der Waals surface area contributed by atoms with Crippen LogP contribution in [0.4, 0.5) is 13.2 Å². The number of halogens is 3. The van der Waals surface area contributed by atoms with E-state index in [0.717, 1.165) is 18.4 Å². The minimum Gasteiger partial charge on any atom is -0.416 e. The van der Waals surface area contributed by atoms with E-state index in [1.807, 2.05) is 17.0 Å². The first-order chi connectivity index (χ1) is 14.4. The summed E-state index contributed by atoms with van der Waals surface area (Å²) in [5.41, 5.74) is 1.42. The second-order valence-corrected chi connectivity index (χ2v) is 7.19. The summed E-state index contributed by atoms with van der Waals surface area (Å²) in [7, 11) is 0. The lowest BCUT2D eigenvalue weighted by atomic mass is 9.97. The number of hydrogen-bond donors (Lipinski definition) is 0. The Morgan fingerprint density at radius 2 is 1.80 bits per heavy atom. The van der Waals surface area contributed by atoms with Gasteiger partial charge in [0.25, 0.3) is 5.56 Å². The van der Waals surface area contributed by atoms with Crippen molar-refractivity contribution in [3.8, 4) is 11.3 Å². The summed E-state index contributed by atoms with van der Waals surface area (Å²) in [5.74, 6) is -1.14. The molecule has 0 unspecified atom stereocenters. The fourth-order valence-corrected chi connectivity index (χ4v) is 3.45. The van der Waals surface area contributed by atoms with Crippen LogP contribution in [0.15, 0.2) is 45.9 Å². The van der Waals surface area contributed by atoms with Gasteiger partial charge in [0.1, 0.15) is 0 Å². The molecule has 1 aliphatic heterocycles. The molecule has 11 heteroatoms. The smallest absolute Gasteiger partial charge is 0.416 e. The Balaban J connectivity index is 1.35. The molecule has 0 atom stereocenters. The molecule has 0 N–H and O–H groups in total. The summed E-state index contributed by atoms with van der Waals surface area (Å²) in [4.78, 5) is 18.2. The number of alkyl halides is 3. The number of piperidine rings is 1. The molecule has 158 valence electrons. The van der Waals surface area contributed by atoms with Crippen molar-refractivity contribution in [1.29, 1.82) is 0 Å². The summed E-state index contributed by atoms with van der Waals surface area (Å²) >= 11 is 0. The number of aromatic nitrogens is 5. The lowest BCUT2D eigenvalue weighted by Gasteiger charge is -2.30. The maximum absolute atomic E-state index is 12.6. The average molecular weight is 420 g/mol. The highest BCUT2D eigenvalue weighted by Gasteiger charge is 2.38. The van der Waals surface area contributed by atoms with Gasteiger partial charge in [-0.25, -0.2) is 4.68 Å². The van der Waals surface area contributed by atoms with Gasteiger partial charge in [0.15, 0.2) is 0 Å². The maximum atomic E-state index is 12.6. The van der Waals surface area contributed by atoms with Gasteiger partial charge in [0.05, 0.1) is 12.2 Å². The predicted octanol–water partition coefficient (Wildman–Crippen LogP) is 2.62. The molecule has 0 spiro atoms.